The van der Waals surface area contributed by atoms with E-state index in [9.17, 15) is 23.8 Å². The molecule has 0 saturated carbocycles. The number of carbonyl (C=O) groups is 3. The van der Waals surface area contributed by atoms with E-state index in [2.05, 4.69) is 33.8 Å². The minimum absolute atomic E-state index is 0.0141. The lowest BCUT2D eigenvalue weighted by molar-refractivity contribution is -0.671. The Morgan fingerprint density at radius 2 is 1.06 bits per heavy atom. The van der Waals surface area contributed by atoms with Crippen LogP contribution < -0.4 is 5.32 Å². The standard InChI is InChI=1S/C45H86N3O8P.C4H4N2O/c1-3-5-7-9-11-13-15-17-19-21-23-25-27-29-31-33-44(49)53-39-43(40-55-57(51,52)54-36-35-46-37-42-38-47-41-48-42)56-45(50)34-32-30-28-26-24-22-20-18-16-14-12-10-8-6-4-2;7-2-4-1-5-3-6-4/h38,41,43,46H,3-37,39-40H2,1-2H3,(H,47,48)(H,51,52);1-3H,(H,5,6)/p+1. The molecule has 0 aromatic carbocycles. The van der Waals surface area contributed by atoms with E-state index in [0.29, 0.717) is 31.5 Å². The van der Waals surface area contributed by atoms with Crippen molar-refractivity contribution >= 4 is 26.0 Å². The maximum absolute atomic E-state index is 12.7. The average molecular weight is 925 g/mol. The third-order valence-electron chi connectivity index (χ3n) is 11.3. The van der Waals surface area contributed by atoms with Gasteiger partial charge in [0.1, 0.15) is 26.3 Å². The predicted octanol–water partition coefficient (Wildman–Crippen LogP) is 11.8. The zero-order valence-electron chi connectivity index (χ0n) is 40.3. The Morgan fingerprint density at radius 3 is 1.47 bits per heavy atom. The molecule has 14 nitrogen and oxygen atoms in total. The largest absolute Gasteiger partial charge is 0.472 e. The Labute approximate surface area is 387 Å². The third kappa shape index (κ3) is 39.5. The second-order valence-electron chi connectivity index (χ2n) is 17.3. The number of aromatic nitrogens is 4. The van der Waals surface area contributed by atoms with Crippen LogP contribution in [0, 0.1) is 0 Å². The van der Waals surface area contributed by atoms with Crippen molar-refractivity contribution in [3.8, 4) is 0 Å². The van der Waals surface area contributed by atoms with E-state index in [1.165, 1.54) is 167 Å². The summed E-state index contributed by atoms with van der Waals surface area (Å²) in [5.41, 5.74) is 1.45. The average Bonchev–Trinajstić information content (AvgIpc) is 4.03. The molecule has 2 aromatic rings. The number of phosphoric acid groups is 1. The highest BCUT2D eigenvalue weighted by Gasteiger charge is 2.26. The Bertz CT molecular complexity index is 1370. The molecule has 0 aliphatic heterocycles. The lowest BCUT2D eigenvalue weighted by atomic mass is 10.0. The molecule has 0 amide bonds. The summed E-state index contributed by atoms with van der Waals surface area (Å²) in [4.78, 5) is 58.5. The number of nitrogens with two attached hydrogens (primary N) is 1. The molecule has 2 aromatic heterocycles. The first-order valence-electron chi connectivity index (χ1n) is 25.5. The minimum atomic E-state index is -4.41. The SMILES string of the molecule is CCCCCCCCCCCCCCCCCC(=O)OCC(COP(=O)(O)OCC[NH2+]Cc1cnc[nH]1)OC(=O)CCCCCCCCCCCCCCCCC.O=Cc1cnc[nH]1. The van der Waals surface area contributed by atoms with Gasteiger partial charge in [-0.05, 0) is 12.8 Å². The van der Waals surface area contributed by atoms with Crippen LogP contribution in [-0.4, -0.2) is 75.5 Å². The molecule has 15 heteroatoms. The van der Waals surface area contributed by atoms with Crippen molar-refractivity contribution in [3.63, 3.8) is 0 Å². The molecule has 370 valence electrons. The number of ether oxygens (including phenoxy) is 2. The number of quaternary nitrogens is 1. The van der Waals surface area contributed by atoms with Gasteiger partial charge in [0.25, 0.3) is 0 Å². The number of H-pyrrole nitrogens is 2. The minimum Gasteiger partial charge on any atom is -0.462 e. The van der Waals surface area contributed by atoms with Gasteiger partial charge >= 0.3 is 19.8 Å². The van der Waals surface area contributed by atoms with E-state index in [4.69, 9.17) is 18.5 Å². The molecular formula is C49H91N5O9P+. The van der Waals surface area contributed by atoms with E-state index in [0.717, 1.165) is 37.8 Å². The molecule has 0 aliphatic rings. The fourth-order valence-corrected chi connectivity index (χ4v) is 8.12. The summed E-state index contributed by atoms with van der Waals surface area (Å²) in [5.74, 6) is -0.803. The van der Waals surface area contributed by atoms with Crippen molar-refractivity contribution in [1.82, 2.24) is 19.9 Å². The van der Waals surface area contributed by atoms with Gasteiger partial charge in [-0.3, -0.25) is 23.4 Å². The van der Waals surface area contributed by atoms with Crippen LogP contribution in [0.25, 0.3) is 0 Å². The van der Waals surface area contributed by atoms with Gasteiger partial charge < -0.3 is 29.7 Å². The predicted molar refractivity (Wildman–Crippen MR) is 255 cm³/mol. The normalized spacial score (nSPS) is 12.6. The van der Waals surface area contributed by atoms with Crippen LogP contribution in [0.4, 0.5) is 0 Å². The van der Waals surface area contributed by atoms with Crippen LogP contribution in [-0.2, 0) is 39.2 Å². The molecular weight excluding hydrogens is 834 g/mol. The Hall–Kier alpha value is -2.90. The Balaban J connectivity index is 0.00000265. The van der Waals surface area contributed by atoms with E-state index in [1.54, 1.807) is 12.5 Å². The molecule has 0 bridgehead atoms. The second kappa shape index (κ2) is 44.0. The van der Waals surface area contributed by atoms with E-state index >= 15 is 0 Å². The van der Waals surface area contributed by atoms with Crippen LogP contribution in [0.3, 0.4) is 0 Å². The van der Waals surface area contributed by atoms with Crippen LogP contribution in [0.5, 0.6) is 0 Å². The van der Waals surface area contributed by atoms with Crippen LogP contribution in [0.15, 0.2) is 25.0 Å². The lowest BCUT2D eigenvalue weighted by Gasteiger charge is -2.20. The molecule has 0 radical (unpaired) electrons. The number of esters is 2. The summed E-state index contributed by atoms with van der Waals surface area (Å²) < 4.78 is 33.9. The number of aldehydes is 1. The van der Waals surface area contributed by atoms with Crippen LogP contribution >= 0.6 is 7.82 Å². The van der Waals surface area contributed by atoms with E-state index in [-0.39, 0.29) is 32.0 Å². The number of nitrogens with zero attached hydrogens (tertiary/aromatic N) is 2. The topological polar surface area (TPSA) is 199 Å². The molecule has 5 N–H and O–H groups in total. The zero-order chi connectivity index (χ0) is 46.4. The highest BCUT2D eigenvalue weighted by atomic mass is 31.2. The van der Waals surface area contributed by atoms with Crippen molar-refractivity contribution in [3.05, 3.63) is 36.4 Å². The van der Waals surface area contributed by atoms with Gasteiger partial charge in [0, 0.05) is 12.8 Å². The number of phosphoric ester groups is 1. The number of rotatable bonds is 45. The van der Waals surface area contributed by atoms with Gasteiger partial charge in [-0.2, -0.15) is 0 Å². The maximum Gasteiger partial charge on any atom is 0.472 e. The molecule has 64 heavy (non-hydrogen) atoms. The van der Waals surface area contributed by atoms with E-state index < -0.39 is 26.5 Å². The van der Waals surface area contributed by atoms with Gasteiger partial charge in [-0.1, -0.05) is 194 Å². The van der Waals surface area contributed by atoms with Crippen molar-refractivity contribution in [1.29, 1.82) is 0 Å². The first kappa shape index (κ1) is 59.1. The Morgan fingerprint density at radius 1 is 0.625 bits per heavy atom. The molecule has 2 unspecified atom stereocenters. The highest BCUT2D eigenvalue weighted by Crippen LogP contribution is 2.43. The quantitative estimate of drug-likeness (QED) is 0.0213. The summed E-state index contributed by atoms with van der Waals surface area (Å²) in [5, 5.41) is 1.91. The van der Waals surface area contributed by atoms with Gasteiger partial charge in [0.15, 0.2) is 12.4 Å². The van der Waals surface area contributed by atoms with Gasteiger partial charge in [0.2, 0.25) is 0 Å². The van der Waals surface area contributed by atoms with Crippen molar-refractivity contribution in [2.24, 2.45) is 0 Å². The number of hydrogen-bond donors (Lipinski definition) is 4. The molecule has 0 spiro atoms. The van der Waals surface area contributed by atoms with Crippen LogP contribution in [0.1, 0.15) is 235 Å². The van der Waals surface area contributed by atoms with E-state index in [1.807, 2.05) is 5.32 Å². The van der Waals surface area contributed by atoms with Crippen LogP contribution in [0.2, 0.25) is 0 Å². The van der Waals surface area contributed by atoms with Crippen molar-refractivity contribution in [2.75, 3.05) is 26.4 Å². The number of aromatic amines is 2. The summed E-state index contributed by atoms with van der Waals surface area (Å²) in [6, 6.07) is 0. The molecule has 2 rings (SSSR count). The molecule has 2 heterocycles. The summed E-state index contributed by atoms with van der Waals surface area (Å²) in [7, 11) is -4.41. The number of nitrogens with one attached hydrogen (secondary N) is 2. The zero-order valence-corrected chi connectivity index (χ0v) is 41.2. The third-order valence-corrected chi connectivity index (χ3v) is 12.2. The van der Waals surface area contributed by atoms with Crippen molar-refractivity contribution < 1.29 is 47.7 Å². The number of unbranched alkanes of at least 4 members (excludes halogenated alkanes) is 28. The fraction of sp³-hybridized carbons (Fsp3) is 0.816. The first-order chi connectivity index (χ1) is 31.3. The molecule has 0 fully saturated rings. The number of carbonyl (C=O) groups excluding carboxylic acids is 3. The lowest BCUT2D eigenvalue weighted by Crippen LogP contribution is -2.83. The summed E-state index contributed by atoms with van der Waals surface area (Å²) in [6.45, 7) is 4.92. The van der Waals surface area contributed by atoms with Crippen molar-refractivity contribution in [2.45, 2.75) is 232 Å². The summed E-state index contributed by atoms with van der Waals surface area (Å²) >= 11 is 0. The maximum atomic E-state index is 12.7. The Kier molecular flexibility index (Phi) is 40.6. The fourth-order valence-electron chi connectivity index (χ4n) is 7.35. The monoisotopic (exact) mass is 925 g/mol. The molecule has 2 atom stereocenters. The second-order valence-corrected chi connectivity index (χ2v) is 18.7. The van der Waals surface area contributed by atoms with Gasteiger partial charge in [-0.25, -0.2) is 14.5 Å². The molecule has 0 aliphatic carbocycles. The highest BCUT2D eigenvalue weighted by molar-refractivity contribution is 7.47. The summed E-state index contributed by atoms with van der Waals surface area (Å²) in [6.07, 6.45) is 43.9. The van der Waals surface area contributed by atoms with Gasteiger partial charge in [0.05, 0.1) is 43.0 Å². The first-order valence-corrected chi connectivity index (χ1v) is 27.0. The number of imidazole rings is 2. The molecule has 0 saturated heterocycles. The number of hydrogen-bond acceptors (Lipinski definition) is 10. The van der Waals surface area contributed by atoms with Gasteiger partial charge in [-0.15, -0.1) is 0 Å². The smallest absolute Gasteiger partial charge is 0.462 e.